The van der Waals surface area contributed by atoms with E-state index in [0.29, 0.717) is 24.4 Å². The van der Waals surface area contributed by atoms with E-state index in [2.05, 4.69) is 10.6 Å². The highest BCUT2D eigenvalue weighted by atomic mass is 32.2. The van der Waals surface area contributed by atoms with Gasteiger partial charge in [0.15, 0.2) is 0 Å². The molecule has 2 amide bonds. The van der Waals surface area contributed by atoms with E-state index in [4.69, 9.17) is 4.74 Å². The minimum Gasteiger partial charge on any atom is -0.383 e. The molecule has 26 heavy (non-hydrogen) atoms. The van der Waals surface area contributed by atoms with Gasteiger partial charge in [-0.05, 0) is 38.1 Å². The van der Waals surface area contributed by atoms with Gasteiger partial charge in [0.2, 0.25) is 5.91 Å². The van der Waals surface area contributed by atoms with Gasteiger partial charge in [0, 0.05) is 18.6 Å². The van der Waals surface area contributed by atoms with Crippen LogP contribution in [0.15, 0.2) is 53.4 Å². The second kappa shape index (κ2) is 9.99. The van der Waals surface area contributed by atoms with Crippen LogP contribution in [0.4, 0.5) is 5.69 Å². The van der Waals surface area contributed by atoms with Crippen molar-refractivity contribution in [3.63, 3.8) is 0 Å². The molecular formula is C20H24N2O3S. The molecule has 1 atom stereocenters. The van der Waals surface area contributed by atoms with E-state index in [1.807, 2.05) is 38.1 Å². The lowest BCUT2D eigenvalue weighted by Gasteiger charge is -2.15. The molecule has 0 unspecified atom stereocenters. The average molecular weight is 372 g/mol. The van der Waals surface area contributed by atoms with Gasteiger partial charge in [-0.1, -0.05) is 29.8 Å². The van der Waals surface area contributed by atoms with Crippen LogP contribution < -0.4 is 10.6 Å². The van der Waals surface area contributed by atoms with Gasteiger partial charge in [0.05, 0.1) is 23.1 Å². The maximum absolute atomic E-state index is 12.5. The number of ether oxygens (including phenoxy) is 1. The van der Waals surface area contributed by atoms with Crippen LogP contribution in [-0.4, -0.2) is 37.3 Å². The molecule has 0 heterocycles. The monoisotopic (exact) mass is 372 g/mol. The first-order chi connectivity index (χ1) is 12.5. The van der Waals surface area contributed by atoms with Crippen molar-refractivity contribution in [1.82, 2.24) is 5.32 Å². The minimum absolute atomic E-state index is 0.146. The van der Waals surface area contributed by atoms with Crippen LogP contribution in [0.5, 0.6) is 0 Å². The SMILES string of the molecule is COCCNC(=O)c1ccccc1NC(=O)[C@@H](C)Sc1ccc(C)cc1. The summed E-state index contributed by atoms with van der Waals surface area (Å²) in [6.07, 6.45) is 0. The normalized spacial score (nSPS) is 11.7. The standard InChI is InChI=1S/C20H24N2O3S/c1-14-8-10-16(11-9-14)26-15(2)19(23)22-18-7-5-4-6-17(18)20(24)21-12-13-25-3/h4-11,15H,12-13H2,1-3H3,(H,21,24)(H,22,23)/t15-/m1/s1. The zero-order valence-electron chi connectivity index (χ0n) is 15.2. The largest absolute Gasteiger partial charge is 0.383 e. The summed E-state index contributed by atoms with van der Waals surface area (Å²) in [4.78, 5) is 25.9. The number of anilines is 1. The van der Waals surface area contributed by atoms with Gasteiger partial charge in [0.1, 0.15) is 0 Å². The molecule has 2 aromatic carbocycles. The van der Waals surface area contributed by atoms with Crippen LogP contribution >= 0.6 is 11.8 Å². The van der Waals surface area contributed by atoms with Crippen LogP contribution in [0, 0.1) is 6.92 Å². The summed E-state index contributed by atoms with van der Waals surface area (Å²) in [6.45, 7) is 4.72. The van der Waals surface area contributed by atoms with Crippen LogP contribution in [0.1, 0.15) is 22.8 Å². The Morgan fingerprint density at radius 3 is 2.50 bits per heavy atom. The van der Waals surface area contributed by atoms with Crippen molar-refractivity contribution in [3.8, 4) is 0 Å². The van der Waals surface area contributed by atoms with Crippen molar-refractivity contribution < 1.29 is 14.3 Å². The van der Waals surface area contributed by atoms with Crippen LogP contribution in [0.25, 0.3) is 0 Å². The number of amides is 2. The molecule has 2 aromatic rings. The molecule has 138 valence electrons. The fourth-order valence-corrected chi connectivity index (χ4v) is 3.13. The summed E-state index contributed by atoms with van der Waals surface area (Å²) < 4.78 is 4.93. The molecule has 0 aliphatic carbocycles. The third kappa shape index (κ3) is 5.89. The molecule has 2 N–H and O–H groups in total. The highest BCUT2D eigenvalue weighted by Gasteiger charge is 2.18. The second-order valence-electron chi connectivity index (χ2n) is 5.86. The first-order valence-corrected chi connectivity index (χ1v) is 9.29. The van der Waals surface area contributed by atoms with E-state index < -0.39 is 0 Å². The van der Waals surface area contributed by atoms with Crippen molar-refractivity contribution in [2.24, 2.45) is 0 Å². The predicted molar refractivity (Wildman–Crippen MR) is 106 cm³/mol. The molecule has 0 fully saturated rings. The Hall–Kier alpha value is -2.31. The van der Waals surface area contributed by atoms with Crippen molar-refractivity contribution in [2.45, 2.75) is 24.0 Å². The number of rotatable bonds is 8. The molecule has 0 aromatic heterocycles. The van der Waals surface area contributed by atoms with Gasteiger partial charge >= 0.3 is 0 Å². The average Bonchev–Trinajstić information content (AvgIpc) is 2.64. The molecule has 0 bridgehead atoms. The van der Waals surface area contributed by atoms with Crippen LogP contribution in [0.3, 0.4) is 0 Å². The number of carbonyl (C=O) groups excluding carboxylic acids is 2. The second-order valence-corrected chi connectivity index (χ2v) is 7.27. The Kier molecular flexibility index (Phi) is 7.69. The van der Waals surface area contributed by atoms with E-state index >= 15 is 0 Å². The van der Waals surface area contributed by atoms with E-state index in [1.54, 1.807) is 31.4 Å². The fourth-order valence-electron chi connectivity index (χ4n) is 2.26. The highest BCUT2D eigenvalue weighted by Crippen LogP contribution is 2.25. The Bertz CT molecular complexity index is 747. The molecule has 0 spiro atoms. The zero-order valence-corrected chi connectivity index (χ0v) is 16.1. The number of benzene rings is 2. The lowest BCUT2D eigenvalue weighted by molar-refractivity contribution is -0.115. The van der Waals surface area contributed by atoms with Gasteiger partial charge in [-0.25, -0.2) is 0 Å². The zero-order chi connectivity index (χ0) is 18.9. The maximum atomic E-state index is 12.5. The summed E-state index contributed by atoms with van der Waals surface area (Å²) in [6, 6.07) is 15.0. The van der Waals surface area contributed by atoms with Crippen molar-refractivity contribution in [1.29, 1.82) is 0 Å². The van der Waals surface area contributed by atoms with Crippen LogP contribution in [0.2, 0.25) is 0 Å². The minimum atomic E-state index is -0.290. The Balaban J connectivity index is 2.01. The number of thioether (sulfide) groups is 1. The first kappa shape index (κ1) is 20.0. The quantitative estimate of drug-likeness (QED) is 0.550. The number of para-hydroxylation sites is 1. The molecule has 0 saturated heterocycles. The van der Waals surface area contributed by atoms with E-state index in [-0.39, 0.29) is 17.1 Å². The molecular weight excluding hydrogens is 348 g/mol. The number of nitrogens with one attached hydrogen (secondary N) is 2. The third-order valence-electron chi connectivity index (χ3n) is 3.72. The van der Waals surface area contributed by atoms with E-state index in [1.165, 1.54) is 17.3 Å². The number of aryl methyl sites for hydroxylation is 1. The highest BCUT2D eigenvalue weighted by molar-refractivity contribution is 8.00. The van der Waals surface area contributed by atoms with Gasteiger partial charge in [0.25, 0.3) is 5.91 Å². The number of hydrogen-bond acceptors (Lipinski definition) is 4. The Morgan fingerprint density at radius 1 is 1.12 bits per heavy atom. The maximum Gasteiger partial charge on any atom is 0.253 e. The lowest BCUT2D eigenvalue weighted by atomic mass is 10.1. The van der Waals surface area contributed by atoms with Gasteiger partial charge in [-0.3, -0.25) is 9.59 Å². The smallest absolute Gasteiger partial charge is 0.253 e. The fraction of sp³-hybridized carbons (Fsp3) is 0.300. The number of carbonyl (C=O) groups is 2. The summed E-state index contributed by atoms with van der Waals surface area (Å²) in [7, 11) is 1.58. The molecule has 5 nitrogen and oxygen atoms in total. The lowest BCUT2D eigenvalue weighted by Crippen LogP contribution is -2.29. The van der Waals surface area contributed by atoms with Crippen molar-refractivity contribution in [3.05, 3.63) is 59.7 Å². The summed E-state index contributed by atoms with van der Waals surface area (Å²) in [5, 5.41) is 5.34. The topological polar surface area (TPSA) is 67.4 Å². The van der Waals surface area contributed by atoms with Crippen molar-refractivity contribution in [2.75, 3.05) is 25.6 Å². The van der Waals surface area contributed by atoms with Gasteiger partial charge in [-0.2, -0.15) is 0 Å². The van der Waals surface area contributed by atoms with Crippen LogP contribution in [-0.2, 0) is 9.53 Å². The molecule has 6 heteroatoms. The predicted octanol–water partition coefficient (Wildman–Crippen LogP) is 3.49. The molecule has 2 rings (SSSR count). The summed E-state index contributed by atoms with van der Waals surface area (Å²) >= 11 is 1.48. The number of methoxy groups -OCH3 is 1. The molecule has 0 radical (unpaired) electrons. The van der Waals surface area contributed by atoms with Gasteiger partial charge < -0.3 is 15.4 Å². The molecule has 0 aliphatic rings. The van der Waals surface area contributed by atoms with E-state index in [0.717, 1.165) is 4.90 Å². The molecule has 0 aliphatic heterocycles. The summed E-state index contributed by atoms with van der Waals surface area (Å²) in [5.41, 5.74) is 2.12. The first-order valence-electron chi connectivity index (χ1n) is 8.41. The Morgan fingerprint density at radius 2 is 1.81 bits per heavy atom. The number of hydrogen-bond donors (Lipinski definition) is 2. The summed E-state index contributed by atoms with van der Waals surface area (Å²) in [5.74, 6) is -0.385. The van der Waals surface area contributed by atoms with E-state index in [9.17, 15) is 9.59 Å². The van der Waals surface area contributed by atoms with Crippen molar-refractivity contribution >= 4 is 29.3 Å². The van der Waals surface area contributed by atoms with Gasteiger partial charge in [-0.15, -0.1) is 11.8 Å². The Labute approximate surface area is 158 Å². The molecule has 0 saturated carbocycles. The third-order valence-corrected chi connectivity index (χ3v) is 4.84.